The van der Waals surface area contributed by atoms with Crippen molar-refractivity contribution in [3.8, 4) is 0 Å². The second-order valence-corrected chi connectivity index (χ2v) is 6.59. The molecule has 0 spiro atoms. The maximum atomic E-state index is 12.2. The number of nitrogens with one attached hydrogen (secondary N) is 1. The van der Waals surface area contributed by atoms with Crippen LogP contribution < -0.4 is 10.2 Å². The monoisotopic (exact) mass is 330 g/mol. The van der Waals surface area contributed by atoms with Crippen molar-refractivity contribution < 1.29 is 9.72 Å². The Kier molecular flexibility index (Phi) is 5.02. The number of nitro benzene ring substituents is 1. The molecule has 0 aliphatic rings. The number of anilines is 1. The third-order valence-corrected chi connectivity index (χ3v) is 3.54. The molecule has 0 radical (unpaired) electrons. The second kappa shape index (κ2) is 6.82. The maximum absolute atomic E-state index is 12.2. The zero-order valence-electron chi connectivity index (χ0n) is 14.4. The first kappa shape index (κ1) is 17.7. The van der Waals surface area contributed by atoms with Crippen molar-refractivity contribution in [2.45, 2.75) is 33.2 Å². The molecule has 24 heavy (non-hydrogen) atoms. The van der Waals surface area contributed by atoms with Crippen LogP contribution in [0.5, 0.6) is 0 Å². The average Bonchev–Trinajstić information content (AvgIpc) is 2.49. The number of nitrogens with zero attached hydrogens (tertiary/aromatic N) is 3. The first-order valence-electron chi connectivity index (χ1n) is 7.80. The smallest absolute Gasteiger partial charge is 0.278 e. The number of benzene rings is 1. The molecule has 1 aromatic carbocycles. The molecule has 2 aromatic rings. The van der Waals surface area contributed by atoms with Crippen LogP contribution in [0.1, 0.15) is 27.7 Å². The molecule has 1 aromatic heterocycles. The molecule has 1 N–H and O–H groups in total. The van der Waals surface area contributed by atoms with Crippen LogP contribution in [-0.2, 0) is 4.79 Å². The number of hydrogen-bond donors (Lipinski definition) is 1. The maximum Gasteiger partial charge on any atom is 0.278 e. The highest BCUT2D eigenvalue weighted by atomic mass is 16.6. The molecule has 7 heteroatoms. The Morgan fingerprint density at radius 2 is 2.00 bits per heavy atom. The Bertz CT molecular complexity index is 768. The van der Waals surface area contributed by atoms with Crippen molar-refractivity contribution in [2.24, 2.45) is 0 Å². The SMILES string of the molecule is CCN(CC(=O)NC(C)(C)C)c1ccc([N+](=O)[O-])c2cnccc12. The van der Waals surface area contributed by atoms with E-state index in [1.165, 1.54) is 12.3 Å². The number of nitro groups is 1. The summed E-state index contributed by atoms with van der Waals surface area (Å²) in [5.41, 5.74) is 0.486. The molecule has 0 saturated heterocycles. The van der Waals surface area contributed by atoms with E-state index in [4.69, 9.17) is 0 Å². The molecule has 0 atom stereocenters. The molecular formula is C17H22N4O3. The van der Waals surface area contributed by atoms with E-state index in [-0.39, 0.29) is 23.7 Å². The first-order chi connectivity index (χ1) is 11.2. The van der Waals surface area contributed by atoms with Gasteiger partial charge in [0.15, 0.2) is 0 Å². The highest BCUT2D eigenvalue weighted by molar-refractivity contribution is 6.00. The minimum Gasteiger partial charge on any atom is -0.362 e. The number of likely N-dealkylation sites (N-methyl/N-ethyl adjacent to an activating group) is 1. The number of amides is 1. The minimum absolute atomic E-state index is 0.0112. The van der Waals surface area contributed by atoms with E-state index >= 15 is 0 Å². The topological polar surface area (TPSA) is 88.4 Å². The lowest BCUT2D eigenvalue weighted by atomic mass is 10.1. The van der Waals surface area contributed by atoms with Crippen LogP contribution in [0.2, 0.25) is 0 Å². The molecule has 0 bridgehead atoms. The van der Waals surface area contributed by atoms with Crippen LogP contribution in [0.4, 0.5) is 11.4 Å². The van der Waals surface area contributed by atoms with Gasteiger partial charge in [-0.1, -0.05) is 0 Å². The number of non-ortho nitro benzene ring substituents is 1. The van der Waals surface area contributed by atoms with Gasteiger partial charge in [-0.05, 0) is 39.8 Å². The van der Waals surface area contributed by atoms with Crippen molar-refractivity contribution in [2.75, 3.05) is 18.0 Å². The molecule has 0 unspecified atom stereocenters. The minimum atomic E-state index is -0.420. The highest BCUT2D eigenvalue weighted by Crippen LogP contribution is 2.32. The van der Waals surface area contributed by atoms with E-state index in [1.807, 2.05) is 32.6 Å². The van der Waals surface area contributed by atoms with Gasteiger partial charge in [0.25, 0.3) is 5.69 Å². The molecule has 2 rings (SSSR count). The lowest BCUT2D eigenvalue weighted by Gasteiger charge is -2.27. The number of fused-ring (bicyclic) bond motifs is 1. The van der Waals surface area contributed by atoms with Crippen LogP contribution in [0.15, 0.2) is 30.6 Å². The summed E-state index contributed by atoms with van der Waals surface area (Å²) in [6.07, 6.45) is 3.08. The van der Waals surface area contributed by atoms with Crippen molar-refractivity contribution >= 4 is 28.1 Å². The molecular weight excluding hydrogens is 308 g/mol. The van der Waals surface area contributed by atoms with Crippen LogP contribution in [0, 0.1) is 10.1 Å². The Balaban J connectivity index is 2.41. The van der Waals surface area contributed by atoms with Gasteiger partial charge in [-0.3, -0.25) is 19.9 Å². The molecule has 1 heterocycles. The number of carbonyl (C=O) groups excluding carboxylic acids is 1. The zero-order chi connectivity index (χ0) is 17.9. The summed E-state index contributed by atoms with van der Waals surface area (Å²) in [6, 6.07) is 4.89. The fourth-order valence-electron chi connectivity index (χ4n) is 2.59. The quantitative estimate of drug-likeness (QED) is 0.672. The lowest BCUT2D eigenvalue weighted by molar-refractivity contribution is -0.383. The van der Waals surface area contributed by atoms with E-state index in [2.05, 4.69) is 10.3 Å². The van der Waals surface area contributed by atoms with Gasteiger partial charge < -0.3 is 10.2 Å². The van der Waals surface area contributed by atoms with Gasteiger partial charge in [0, 0.05) is 41.6 Å². The summed E-state index contributed by atoms with van der Waals surface area (Å²) in [4.78, 5) is 28.9. The number of pyridine rings is 1. The largest absolute Gasteiger partial charge is 0.362 e. The molecule has 0 aliphatic carbocycles. The Labute approximate surface area is 140 Å². The van der Waals surface area contributed by atoms with Gasteiger partial charge >= 0.3 is 0 Å². The predicted molar refractivity (Wildman–Crippen MR) is 94.2 cm³/mol. The molecule has 0 saturated carbocycles. The third-order valence-electron chi connectivity index (χ3n) is 3.54. The average molecular weight is 330 g/mol. The van der Waals surface area contributed by atoms with Crippen molar-refractivity contribution in [3.63, 3.8) is 0 Å². The van der Waals surface area contributed by atoms with Gasteiger partial charge in [-0.25, -0.2) is 0 Å². The van der Waals surface area contributed by atoms with Crippen molar-refractivity contribution in [1.82, 2.24) is 10.3 Å². The van der Waals surface area contributed by atoms with Crippen LogP contribution in [0.25, 0.3) is 10.8 Å². The summed E-state index contributed by atoms with van der Waals surface area (Å²) in [5, 5.41) is 15.3. The van der Waals surface area contributed by atoms with Gasteiger partial charge in [-0.15, -0.1) is 0 Å². The van der Waals surface area contributed by atoms with Crippen LogP contribution in [-0.4, -0.2) is 34.4 Å². The van der Waals surface area contributed by atoms with E-state index in [1.54, 1.807) is 18.3 Å². The van der Waals surface area contributed by atoms with E-state index in [0.29, 0.717) is 17.3 Å². The fraction of sp³-hybridized carbons (Fsp3) is 0.412. The normalized spacial score (nSPS) is 11.3. The first-order valence-corrected chi connectivity index (χ1v) is 7.80. The standard InChI is InChI=1S/C17H22N4O3/c1-5-20(11-16(22)19-17(2,3)4)14-6-7-15(21(23)24)13-10-18-9-8-12(13)14/h6-10H,5,11H2,1-4H3,(H,19,22). The lowest BCUT2D eigenvalue weighted by Crippen LogP contribution is -2.46. The van der Waals surface area contributed by atoms with E-state index in [0.717, 1.165) is 5.69 Å². The van der Waals surface area contributed by atoms with Gasteiger partial charge in [0.05, 0.1) is 16.9 Å². The summed E-state index contributed by atoms with van der Waals surface area (Å²) >= 11 is 0. The molecule has 7 nitrogen and oxygen atoms in total. The summed E-state index contributed by atoms with van der Waals surface area (Å²) in [6.45, 7) is 8.50. The van der Waals surface area contributed by atoms with Crippen LogP contribution >= 0.6 is 0 Å². The zero-order valence-corrected chi connectivity index (χ0v) is 14.4. The summed E-state index contributed by atoms with van der Waals surface area (Å²) < 4.78 is 0. The van der Waals surface area contributed by atoms with Gasteiger partial charge in [0.2, 0.25) is 5.91 Å². The molecule has 0 aliphatic heterocycles. The number of aromatic nitrogens is 1. The number of hydrogen-bond acceptors (Lipinski definition) is 5. The number of rotatable bonds is 5. The Hall–Kier alpha value is -2.70. The van der Waals surface area contributed by atoms with Crippen LogP contribution in [0.3, 0.4) is 0 Å². The highest BCUT2D eigenvalue weighted by Gasteiger charge is 2.20. The predicted octanol–water partition coefficient (Wildman–Crippen LogP) is 2.88. The van der Waals surface area contributed by atoms with Crippen molar-refractivity contribution in [3.05, 3.63) is 40.7 Å². The Morgan fingerprint density at radius 1 is 1.29 bits per heavy atom. The van der Waals surface area contributed by atoms with Crippen molar-refractivity contribution in [1.29, 1.82) is 0 Å². The van der Waals surface area contributed by atoms with Gasteiger partial charge in [-0.2, -0.15) is 0 Å². The van der Waals surface area contributed by atoms with E-state index in [9.17, 15) is 14.9 Å². The molecule has 0 fully saturated rings. The molecule has 128 valence electrons. The summed E-state index contributed by atoms with van der Waals surface area (Å²) in [7, 11) is 0. The summed E-state index contributed by atoms with van der Waals surface area (Å²) in [5.74, 6) is -0.0927. The molecule has 1 amide bonds. The van der Waals surface area contributed by atoms with E-state index < -0.39 is 4.92 Å². The second-order valence-electron chi connectivity index (χ2n) is 6.59. The van der Waals surface area contributed by atoms with Gasteiger partial charge in [0.1, 0.15) is 0 Å². The number of carbonyl (C=O) groups is 1. The Morgan fingerprint density at radius 3 is 2.58 bits per heavy atom. The fourth-order valence-corrected chi connectivity index (χ4v) is 2.59. The third kappa shape index (κ3) is 3.98.